The Balaban J connectivity index is 1.82. The van der Waals surface area contributed by atoms with Gasteiger partial charge in [-0.2, -0.15) is 4.98 Å². The molecule has 0 radical (unpaired) electrons. The summed E-state index contributed by atoms with van der Waals surface area (Å²) in [5.74, 6) is 1.02. The molecule has 5 nitrogen and oxygen atoms in total. The SMILES string of the molecule is Cc1cnccc1-c1noc(/C=C/c2ccc(N)cc2)n1. The first-order chi connectivity index (χ1) is 10.2. The lowest BCUT2D eigenvalue weighted by Crippen LogP contribution is -1.86. The zero-order valence-corrected chi connectivity index (χ0v) is 11.5. The second kappa shape index (κ2) is 5.58. The number of rotatable bonds is 3. The van der Waals surface area contributed by atoms with Crippen LogP contribution < -0.4 is 5.73 Å². The second-order valence-corrected chi connectivity index (χ2v) is 4.65. The Morgan fingerprint density at radius 2 is 1.90 bits per heavy atom. The summed E-state index contributed by atoms with van der Waals surface area (Å²) in [4.78, 5) is 8.41. The molecular weight excluding hydrogens is 264 g/mol. The summed E-state index contributed by atoms with van der Waals surface area (Å²) in [6.07, 6.45) is 7.16. The van der Waals surface area contributed by atoms with Gasteiger partial charge < -0.3 is 10.3 Å². The van der Waals surface area contributed by atoms with Crippen LogP contribution in [0.4, 0.5) is 5.69 Å². The van der Waals surface area contributed by atoms with Crippen molar-refractivity contribution in [3.05, 3.63) is 59.7 Å². The van der Waals surface area contributed by atoms with E-state index in [1.807, 2.05) is 43.3 Å². The number of nitrogen functional groups attached to an aromatic ring is 1. The summed E-state index contributed by atoms with van der Waals surface area (Å²) in [6, 6.07) is 9.42. The molecule has 0 unspecified atom stereocenters. The lowest BCUT2D eigenvalue weighted by Gasteiger charge is -1.97. The van der Waals surface area contributed by atoms with E-state index in [-0.39, 0.29) is 0 Å². The molecule has 3 aromatic rings. The molecule has 1 aromatic carbocycles. The molecule has 3 rings (SSSR count). The number of benzene rings is 1. The fourth-order valence-corrected chi connectivity index (χ4v) is 1.91. The van der Waals surface area contributed by atoms with Gasteiger partial charge in [0.05, 0.1) is 0 Å². The fraction of sp³-hybridized carbons (Fsp3) is 0.0625. The molecule has 0 saturated carbocycles. The molecular formula is C16H14N4O. The maximum absolute atomic E-state index is 5.65. The molecule has 0 aliphatic carbocycles. The van der Waals surface area contributed by atoms with E-state index in [0.717, 1.165) is 22.4 Å². The van der Waals surface area contributed by atoms with Crippen molar-refractivity contribution < 1.29 is 4.52 Å². The average Bonchev–Trinajstić information content (AvgIpc) is 2.96. The fourth-order valence-electron chi connectivity index (χ4n) is 1.91. The minimum atomic E-state index is 0.457. The molecule has 2 N–H and O–H groups in total. The van der Waals surface area contributed by atoms with Gasteiger partial charge in [-0.05, 0) is 42.3 Å². The van der Waals surface area contributed by atoms with Gasteiger partial charge in [0.2, 0.25) is 5.82 Å². The Hall–Kier alpha value is -2.95. The number of nitrogens with zero attached hydrogens (tertiary/aromatic N) is 3. The number of hydrogen-bond donors (Lipinski definition) is 1. The van der Waals surface area contributed by atoms with E-state index >= 15 is 0 Å². The first-order valence-electron chi connectivity index (χ1n) is 6.51. The Labute approximate surface area is 122 Å². The Morgan fingerprint density at radius 1 is 1.10 bits per heavy atom. The van der Waals surface area contributed by atoms with E-state index in [2.05, 4.69) is 15.1 Å². The summed E-state index contributed by atoms with van der Waals surface area (Å²) < 4.78 is 5.23. The normalized spacial score (nSPS) is 11.1. The van der Waals surface area contributed by atoms with Gasteiger partial charge in [-0.15, -0.1) is 0 Å². The largest absolute Gasteiger partial charge is 0.399 e. The van der Waals surface area contributed by atoms with Crippen LogP contribution in [-0.4, -0.2) is 15.1 Å². The van der Waals surface area contributed by atoms with Gasteiger partial charge in [-0.1, -0.05) is 17.3 Å². The first-order valence-corrected chi connectivity index (χ1v) is 6.51. The van der Waals surface area contributed by atoms with Crippen LogP contribution in [0.25, 0.3) is 23.5 Å². The lowest BCUT2D eigenvalue weighted by atomic mass is 10.1. The number of hydrogen-bond acceptors (Lipinski definition) is 5. The van der Waals surface area contributed by atoms with Crippen molar-refractivity contribution in [3.63, 3.8) is 0 Å². The van der Waals surface area contributed by atoms with Gasteiger partial charge in [0, 0.05) is 29.7 Å². The van der Waals surface area contributed by atoms with Gasteiger partial charge in [-0.3, -0.25) is 4.98 Å². The number of nitrogens with two attached hydrogens (primary N) is 1. The second-order valence-electron chi connectivity index (χ2n) is 4.65. The summed E-state index contributed by atoms with van der Waals surface area (Å²) in [6.45, 7) is 1.96. The van der Waals surface area contributed by atoms with E-state index < -0.39 is 0 Å². The number of pyridine rings is 1. The Morgan fingerprint density at radius 3 is 2.67 bits per heavy atom. The minimum Gasteiger partial charge on any atom is -0.399 e. The summed E-state index contributed by atoms with van der Waals surface area (Å²) in [7, 11) is 0. The van der Waals surface area contributed by atoms with Gasteiger partial charge in [0.15, 0.2) is 0 Å². The quantitative estimate of drug-likeness (QED) is 0.744. The predicted molar refractivity (Wildman–Crippen MR) is 82.0 cm³/mol. The standard InChI is InChI=1S/C16H14N4O/c1-11-10-18-9-8-14(11)16-19-15(21-20-16)7-4-12-2-5-13(17)6-3-12/h2-10H,17H2,1H3/b7-4+. The Kier molecular flexibility index (Phi) is 3.47. The molecule has 0 spiro atoms. The highest BCUT2D eigenvalue weighted by Gasteiger charge is 2.08. The average molecular weight is 278 g/mol. The molecule has 2 heterocycles. The van der Waals surface area contributed by atoms with Crippen LogP contribution in [0, 0.1) is 6.92 Å². The highest BCUT2D eigenvalue weighted by atomic mass is 16.5. The molecule has 0 fully saturated rings. The van der Waals surface area contributed by atoms with Gasteiger partial charge in [0.25, 0.3) is 5.89 Å². The van der Waals surface area contributed by atoms with Crippen LogP contribution in [0.5, 0.6) is 0 Å². The van der Waals surface area contributed by atoms with Gasteiger partial charge in [0.1, 0.15) is 0 Å². The third kappa shape index (κ3) is 2.97. The molecule has 0 bridgehead atoms. The zero-order valence-electron chi connectivity index (χ0n) is 11.5. The van der Waals surface area contributed by atoms with E-state index in [9.17, 15) is 0 Å². The molecule has 0 atom stereocenters. The number of aryl methyl sites for hydroxylation is 1. The van der Waals surface area contributed by atoms with Crippen molar-refractivity contribution in [3.8, 4) is 11.4 Å². The molecule has 0 amide bonds. The third-order valence-electron chi connectivity index (χ3n) is 3.06. The van der Waals surface area contributed by atoms with Crippen LogP contribution in [0.1, 0.15) is 17.0 Å². The van der Waals surface area contributed by atoms with Crippen molar-refractivity contribution in [2.24, 2.45) is 0 Å². The molecule has 5 heteroatoms. The minimum absolute atomic E-state index is 0.457. The van der Waals surface area contributed by atoms with Crippen LogP contribution in [0.15, 0.2) is 47.2 Å². The predicted octanol–water partition coefficient (Wildman–Crippen LogP) is 3.19. The summed E-state index contributed by atoms with van der Waals surface area (Å²) in [5.41, 5.74) is 9.32. The van der Waals surface area contributed by atoms with E-state index in [1.54, 1.807) is 18.5 Å². The summed E-state index contributed by atoms with van der Waals surface area (Å²) in [5, 5.41) is 3.99. The topological polar surface area (TPSA) is 77.8 Å². The van der Waals surface area contributed by atoms with Crippen LogP contribution in [0.3, 0.4) is 0 Å². The molecule has 0 aliphatic rings. The zero-order chi connectivity index (χ0) is 14.7. The maximum atomic E-state index is 5.65. The first kappa shape index (κ1) is 13.1. The number of aromatic nitrogens is 3. The monoisotopic (exact) mass is 278 g/mol. The highest BCUT2D eigenvalue weighted by molar-refractivity contribution is 5.68. The van der Waals surface area contributed by atoms with Crippen LogP contribution in [-0.2, 0) is 0 Å². The molecule has 21 heavy (non-hydrogen) atoms. The van der Waals surface area contributed by atoms with E-state index in [4.69, 9.17) is 10.3 Å². The highest BCUT2D eigenvalue weighted by Crippen LogP contribution is 2.19. The lowest BCUT2D eigenvalue weighted by molar-refractivity contribution is 0.411. The van der Waals surface area contributed by atoms with Gasteiger partial charge >= 0.3 is 0 Å². The maximum Gasteiger partial charge on any atom is 0.250 e. The smallest absolute Gasteiger partial charge is 0.250 e. The van der Waals surface area contributed by atoms with Crippen molar-refractivity contribution in [1.29, 1.82) is 0 Å². The molecule has 0 saturated heterocycles. The van der Waals surface area contributed by atoms with Crippen LogP contribution >= 0.6 is 0 Å². The van der Waals surface area contributed by atoms with Crippen molar-refractivity contribution in [1.82, 2.24) is 15.1 Å². The van der Waals surface area contributed by atoms with Crippen LogP contribution in [0.2, 0.25) is 0 Å². The van der Waals surface area contributed by atoms with E-state index in [0.29, 0.717) is 11.7 Å². The Bertz CT molecular complexity index is 775. The van der Waals surface area contributed by atoms with Gasteiger partial charge in [-0.25, -0.2) is 0 Å². The third-order valence-corrected chi connectivity index (χ3v) is 3.06. The molecule has 104 valence electrons. The summed E-state index contributed by atoms with van der Waals surface area (Å²) >= 11 is 0. The van der Waals surface area contributed by atoms with Crippen molar-refractivity contribution in [2.45, 2.75) is 6.92 Å². The number of anilines is 1. The molecule has 0 aliphatic heterocycles. The molecule has 2 aromatic heterocycles. The van der Waals surface area contributed by atoms with Crippen molar-refractivity contribution >= 4 is 17.8 Å². The van der Waals surface area contributed by atoms with Crippen molar-refractivity contribution in [2.75, 3.05) is 5.73 Å². The van der Waals surface area contributed by atoms with E-state index in [1.165, 1.54) is 0 Å².